The van der Waals surface area contributed by atoms with Gasteiger partial charge < -0.3 is 10.6 Å². The Hall–Kier alpha value is -0.870. The molecule has 1 heterocycles. The molecule has 2 rings (SSSR count). The summed E-state index contributed by atoms with van der Waals surface area (Å²) in [4.78, 5) is 14.7. The van der Waals surface area contributed by atoms with Gasteiger partial charge in [-0.05, 0) is 45.2 Å². The Balaban J connectivity index is 1.65. The van der Waals surface area contributed by atoms with Crippen molar-refractivity contribution in [1.29, 1.82) is 0 Å². The molecule has 1 unspecified atom stereocenters. The lowest BCUT2D eigenvalue weighted by atomic mass is 10.1. The van der Waals surface area contributed by atoms with Crippen LogP contribution in [-0.2, 0) is 11.2 Å². The molecule has 1 atom stereocenters. The van der Waals surface area contributed by atoms with Crippen molar-refractivity contribution in [2.45, 2.75) is 70.9 Å². The van der Waals surface area contributed by atoms with Crippen molar-refractivity contribution < 1.29 is 4.79 Å². The smallest absolute Gasteiger partial charge is 0.234 e. The molecule has 1 aromatic rings. The predicted molar refractivity (Wildman–Crippen MR) is 89.9 cm³/mol. The van der Waals surface area contributed by atoms with Gasteiger partial charge in [-0.2, -0.15) is 0 Å². The van der Waals surface area contributed by atoms with E-state index in [0.717, 1.165) is 19.3 Å². The molecule has 21 heavy (non-hydrogen) atoms. The maximum atomic E-state index is 12.0. The number of carbonyl (C=O) groups excluding carboxylic acids is 1. The van der Waals surface area contributed by atoms with Gasteiger partial charge in [0.15, 0.2) is 0 Å². The minimum absolute atomic E-state index is 0.149. The number of nitrogens with one attached hydrogen (secondary N) is 2. The fourth-order valence-corrected chi connectivity index (χ4v) is 3.96. The molecule has 1 aromatic heterocycles. The molecule has 3 nitrogen and oxygen atoms in total. The summed E-state index contributed by atoms with van der Waals surface area (Å²) in [5.41, 5.74) is 0. The minimum Gasteiger partial charge on any atom is -0.352 e. The second-order valence-corrected chi connectivity index (χ2v) is 7.63. The first-order chi connectivity index (χ1) is 10.1. The average Bonchev–Trinajstić information content (AvgIpc) is 2.70. The molecule has 1 amide bonds. The Kier molecular flexibility index (Phi) is 6.71. The molecule has 0 bridgehead atoms. The van der Waals surface area contributed by atoms with Crippen LogP contribution in [-0.4, -0.2) is 24.5 Å². The van der Waals surface area contributed by atoms with Crippen LogP contribution in [0, 0.1) is 6.92 Å². The Labute approximate surface area is 132 Å². The van der Waals surface area contributed by atoms with Gasteiger partial charge in [-0.15, -0.1) is 11.3 Å². The van der Waals surface area contributed by atoms with Crippen LogP contribution in [0.25, 0.3) is 0 Å². The van der Waals surface area contributed by atoms with Crippen LogP contribution in [0.4, 0.5) is 0 Å². The number of thiophene rings is 1. The number of aryl methyl sites for hydroxylation is 1. The lowest BCUT2D eigenvalue weighted by Gasteiger charge is -2.18. The fourth-order valence-electron chi connectivity index (χ4n) is 2.94. The van der Waals surface area contributed by atoms with Crippen molar-refractivity contribution in [3.8, 4) is 0 Å². The Morgan fingerprint density at radius 3 is 2.62 bits per heavy atom. The number of carbonyl (C=O) groups is 1. The van der Waals surface area contributed by atoms with E-state index >= 15 is 0 Å². The highest BCUT2D eigenvalue weighted by atomic mass is 32.1. The molecule has 2 N–H and O–H groups in total. The van der Waals surface area contributed by atoms with E-state index in [1.54, 1.807) is 0 Å². The molecular formula is C17H28N2OS. The third-order valence-electron chi connectivity index (χ3n) is 4.13. The van der Waals surface area contributed by atoms with Gasteiger partial charge in [0.2, 0.25) is 5.91 Å². The molecule has 0 aromatic carbocycles. The van der Waals surface area contributed by atoms with Gasteiger partial charge in [-0.3, -0.25) is 4.79 Å². The van der Waals surface area contributed by atoms with Crippen molar-refractivity contribution >= 4 is 17.2 Å². The molecular weight excluding hydrogens is 280 g/mol. The van der Waals surface area contributed by atoms with E-state index in [1.807, 2.05) is 11.3 Å². The first-order valence-electron chi connectivity index (χ1n) is 8.21. The summed E-state index contributed by atoms with van der Waals surface area (Å²) >= 11 is 1.84. The lowest BCUT2D eigenvalue weighted by molar-refractivity contribution is -0.121. The number of hydrogen-bond acceptors (Lipinski definition) is 3. The number of hydrogen-bond donors (Lipinski definition) is 2. The maximum Gasteiger partial charge on any atom is 0.234 e. The zero-order chi connectivity index (χ0) is 15.1. The van der Waals surface area contributed by atoms with Crippen LogP contribution in [0.2, 0.25) is 0 Å². The first kappa shape index (κ1) is 16.5. The molecule has 0 spiro atoms. The Morgan fingerprint density at radius 1 is 1.29 bits per heavy atom. The van der Waals surface area contributed by atoms with E-state index in [2.05, 4.69) is 36.6 Å². The molecule has 1 saturated carbocycles. The van der Waals surface area contributed by atoms with Gasteiger partial charge in [0, 0.05) is 21.8 Å². The van der Waals surface area contributed by atoms with Gasteiger partial charge in [0.05, 0.1) is 6.54 Å². The van der Waals surface area contributed by atoms with Crippen LogP contribution in [0.3, 0.4) is 0 Å². The summed E-state index contributed by atoms with van der Waals surface area (Å²) in [6.07, 6.45) is 8.45. The van der Waals surface area contributed by atoms with E-state index in [9.17, 15) is 4.79 Å². The van der Waals surface area contributed by atoms with Gasteiger partial charge in [0.1, 0.15) is 0 Å². The monoisotopic (exact) mass is 308 g/mol. The second-order valence-electron chi connectivity index (χ2n) is 6.25. The fraction of sp³-hybridized carbons (Fsp3) is 0.706. The zero-order valence-electron chi connectivity index (χ0n) is 13.3. The summed E-state index contributed by atoms with van der Waals surface area (Å²) in [6, 6.07) is 5.08. The van der Waals surface area contributed by atoms with Crippen LogP contribution in [0.1, 0.15) is 55.2 Å². The van der Waals surface area contributed by atoms with E-state index in [-0.39, 0.29) is 5.91 Å². The molecule has 0 aliphatic heterocycles. The summed E-state index contributed by atoms with van der Waals surface area (Å²) in [5, 5.41) is 6.52. The summed E-state index contributed by atoms with van der Waals surface area (Å²) < 4.78 is 0. The normalized spacial score (nSPS) is 18.2. The summed E-state index contributed by atoms with van der Waals surface area (Å²) in [5.74, 6) is 0.149. The predicted octanol–water partition coefficient (Wildman–Crippen LogP) is 3.42. The standard InChI is InChI=1S/C17H28N2OS/c1-13(11-16-10-9-14(2)21-16)18-12-17(20)19-15-7-5-3-4-6-8-15/h9-10,13,15,18H,3-8,11-12H2,1-2H3,(H,19,20). The van der Waals surface area contributed by atoms with Crippen molar-refractivity contribution in [2.24, 2.45) is 0 Å². The third-order valence-corrected chi connectivity index (χ3v) is 5.16. The van der Waals surface area contributed by atoms with Gasteiger partial charge in [-0.1, -0.05) is 25.7 Å². The molecule has 1 aliphatic carbocycles. The van der Waals surface area contributed by atoms with Crippen molar-refractivity contribution in [3.63, 3.8) is 0 Å². The Bertz CT molecular complexity index is 436. The van der Waals surface area contributed by atoms with Crippen molar-refractivity contribution in [1.82, 2.24) is 10.6 Å². The topological polar surface area (TPSA) is 41.1 Å². The van der Waals surface area contributed by atoms with Crippen LogP contribution in [0.15, 0.2) is 12.1 Å². The molecule has 0 saturated heterocycles. The minimum atomic E-state index is 0.149. The van der Waals surface area contributed by atoms with Crippen LogP contribution in [0.5, 0.6) is 0 Å². The van der Waals surface area contributed by atoms with E-state index < -0.39 is 0 Å². The van der Waals surface area contributed by atoms with E-state index in [0.29, 0.717) is 18.6 Å². The van der Waals surface area contributed by atoms with Gasteiger partial charge in [-0.25, -0.2) is 0 Å². The van der Waals surface area contributed by atoms with E-state index in [4.69, 9.17) is 0 Å². The third kappa shape index (κ3) is 6.18. The molecule has 1 aliphatic rings. The summed E-state index contributed by atoms with van der Waals surface area (Å²) in [6.45, 7) is 4.71. The highest BCUT2D eigenvalue weighted by molar-refractivity contribution is 7.11. The zero-order valence-corrected chi connectivity index (χ0v) is 14.1. The second kappa shape index (κ2) is 8.54. The molecule has 1 fully saturated rings. The maximum absolute atomic E-state index is 12.0. The van der Waals surface area contributed by atoms with Gasteiger partial charge in [0.25, 0.3) is 0 Å². The SMILES string of the molecule is Cc1ccc(CC(C)NCC(=O)NC2CCCCCC2)s1. The number of amides is 1. The van der Waals surface area contributed by atoms with Crippen LogP contribution < -0.4 is 10.6 Å². The van der Waals surface area contributed by atoms with Crippen molar-refractivity contribution in [3.05, 3.63) is 21.9 Å². The highest BCUT2D eigenvalue weighted by Crippen LogP contribution is 2.17. The van der Waals surface area contributed by atoms with Crippen LogP contribution >= 0.6 is 11.3 Å². The van der Waals surface area contributed by atoms with Gasteiger partial charge >= 0.3 is 0 Å². The number of rotatable bonds is 6. The first-order valence-corrected chi connectivity index (χ1v) is 9.03. The molecule has 0 radical (unpaired) electrons. The average molecular weight is 308 g/mol. The van der Waals surface area contributed by atoms with E-state index in [1.165, 1.54) is 35.4 Å². The quantitative estimate of drug-likeness (QED) is 0.791. The lowest BCUT2D eigenvalue weighted by Crippen LogP contribution is -2.42. The highest BCUT2D eigenvalue weighted by Gasteiger charge is 2.15. The Morgan fingerprint density at radius 2 is 2.00 bits per heavy atom. The molecule has 118 valence electrons. The van der Waals surface area contributed by atoms with Crippen molar-refractivity contribution in [2.75, 3.05) is 6.54 Å². The largest absolute Gasteiger partial charge is 0.352 e. The molecule has 4 heteroatoms. The summed E-state index contributed by atoms with van der Waals surface area (Å²) in [7, 11) is 0.